The number of halogens is 4. The average molecular weight is 497 g/mol. The molecular weight excluding hydrogens is 472 g/mol. The van der Waals surface area contributed by atoms with Crippen LogP contribution in [0.1, 0.15) is 29.7 Å². The Hall–Kier alpha value is -3.71. The zero-order valence-electron chi connectivity index (χ0n) is 19.4. The number of rotatable bonds is 3. The molecule has 2 aromatic carbocycles. The summed E-state index contributed by atoms with van der Waals surface area (Å²) in [4.78, 5) is 16.5. The Labute approximate surface area is 206 Å². The lowest BCUT2D eigenvalue weighted by Gasteiger charge is -2.35. The van der Waals surface area contributed by atoms with Gasteiger partial charge in [0.25, 0.3) is 0 Å². The van der Waals surface area contributed by atoms with Gasteiger partial charge < -0.3 is 15.5 Å². The lowest BCUT2D eigenvalue weighted by molar-refractivity contribution is -0.137. The number of nitrogens with two attached hydrogens (primary N) is 1. The number of nitrogens with zero attached hydrogens (tertiary/aromatic N) is 5. The van der Waals surface area contributed by atoms with Crippen LogP contribution < -0.4 is 15.5 Å². The molecule has 36 heavy (non-hydrogen) atoms. The highest BCUT2D eigenvalue weighted by Gasteiger charge is 2.36. The minimum atomic E-state index is -4.49. The second kappa shape index (κ2) is 9.39. The van der Waals surface area contributed by atoms with Crippen molar-refractivity contribution in [3.05, 3.63) is 76.5 Å². The smallest absolute Gasteiger partial charge is 0.366 e. The molecule has 2 aliphatic heterocycles. The Morgan fingerprint density at radius 2 is 1.75 bits per heavy atom. The molecule has 5 rings (SSSR count). The fourth-order valence-electron chi connectivity index (χ4n) is 4.82. The molecule has 0 spiro atoms. The molecule has 2 aliphatic rings. The van der Waals surface area contributed by atoms with E-state index in [1.54, 1.807) is 17.0 Å². The maximum Gasteiger partial charge on any atom is 0.418 e. The van der Waals surface area contributed by atoms with E-state index in [1.807, 2.05) is 4.90 Å². The summed E-state index contributed by atoms with van der Waals surface area (Å²) in [7, 11) is 0. The Bertz CT molecular complexity index is 1320. The van der Waals surface area contributed by atoms with Gasteiger partial charge in [0, 0.05) is 55.5 Å². The number of aromatic nitrogens is 2. The molecule has 0 bridgehead atoms. The molecule has 0 amide bonds. The maximum atomic E-state index is 14.6. The van der Waals surface area contributed by atoms with Crippen molar-refractivity contribution in [1.82, 2.24) is 9.97 Å². The first kappa shape index (κ1) is 24.0. The van der Waals surface area contributed by atoms with Crippen LogP contribution >= 0.6 is 0 Å². The van der Waals surface area contributed by atoms with Crippen LogP contribution in [0.4, 0.5) is 34.9 Å². The molecule has 6 nitrogen and oxygen atoms in total. The molecular formula is C26H24F4N6. The van der Waals surface area contributed by atoms with Crippen LogP contribution in [0.15, 0.2) is 42.5 Å². The summed E-state index contributed by atoms with van der Waals surface area (Å²) in [5.74, 6) is -0.162. The summed E-state index contributed by atoms with van der Waals surface area (Å²) < 4.78 is 55.7. The first-order valence-electron chi connectivity index (χ1n) is 11.7. The van der Waals surface area contributed by atoms with Crippen molar-refractivity contribution in [2.24, 2.45) is 5.73 Å². The van der Waals surface area contributed by atoms with Gasteiger partial charge in [0.15, 0.2) is 0 Å². The summed E-state index contributed by atoms with van der Waals surface area (Å²) in [5, 5.41) is 0. The zero-order chi connectivity index (χ0) is 25.4. The molecule has 1 fully saturated rings. The van der Waals surface area contributed by atoms with Crippen molar-refractivity contribution < 1.29 is 17.6 Å². The van der Waals surface area contributed by atoms with Gasteiger partial charge in [0.1, 0.15) is 5.82 Å². The lowest BCUT2D eigenvalue weighted by Crippen LogP contribution is -2.41. The number of anilines is 2. The second-order valence-corrected chi connectivity index (χ2v) is 9.09. The van der Waals surface area contributed by atoms with E-state index in [1.165, 1.54) is 24.3 Å². The van der Waals surface area contributed by atoms with Crippen LogP contribution in [0.5, 0.6) is 0 Å². The van der Waals surface area contributed by atoms with Crippen molar-refractivity contribution in [2.75, 3.05) is 29.4 Å². The fourth-order valence-corrected chi connectivity index (χ4v) is 4.82. The van der Waals surface area contributed by atoms with Gasteiger partial charge in [-0.1, -0.05) is 24.3 Å². The summed E-state index contributed by atoms with van der Waals surface area (Å²) in [6, 6.07) is 9.89. The molecule has 186 valence electrons. The van der Waals surface area contributed by atoms with Crippen LogP contribution in [0.2, 0.25) is 0 Å². The van der Waals surface area contributed by atoms with E-state index in [9.17, 15) is 17.6 Å². The van der Waals surface area contributed by atoms with E-state index < -0.39 is 17.6 Å². The monoisotopic (exact) mass is 496 g/mol. The Balaban J connectivity index is 1.59. The van der Waals surface area contributed by atoms with E-state index in [2.05, 4.69) is 4.85 Å². The van der Waals surface area contributed by atoms with Gasteiger partial charge in [-0.25, -0.2) is 19.2 Å². The number of alkyl halides is 3. The third-order valence-corrected chi connectivity index (χ3v) is 6.76. The van der Waals surface area contributed by atoms with Gasteiger partial charge in [0.05, 0.1) is 23.5 Å². The highest BCUT2D eigenvalue weighted by Crippen LogP contribution is 2.39. The SMILES string of the molecule is [C-]#[N+]c1ccc(-c2nc(N3CCC(N)CC3)nc3c2CN(c2ccccc2C(F)(F)F)CC3)cc1F. The first-order chi connectivity index (χ1) is 17.2. The molecule has 10 heteroatoms. The minimum absolute atomic E-state index is 0.0882. The van der Waals surface area contributed by atoms with Crippen LogP contribution in [0, 0.1) is 12.4 Å². The Morgan fingerprint density at radius 1 is 1.00 bits per heavy atom. The Kier molecular flexibility index (Phi) is 6.26. The van der Waals surface area contributed by atoms with Crippen LogP contribution in [0.3, 0.4) is 0 Å². The molecule has 0 saturated carbocycles. The van der Waals surface area contributed by atoms with Crippen LogP contribution in [0.25, 0.3) is 16.1 Å². The van der Waals surface area contributed by atoms with Gasteiger partial charge in [-0.3, -0.25) is 0 Å². The maximum absolute atomic E-state index is 14.6. The molecule has 1 saturated heterocycles. The van der Waals surface area contributed by atoms with E-state index in [4.69, 9.17) is 22.3 Å². The average Bonchev–Trinajstić information content (AvgIpc) is 2.87. The van der Waals surface area contributed by atoms with E-state index in [0.717, 1.165) is 24.6 Å². The number of benzene rings is 2. The number of hydrogen-bond donors (Lipinski definition) is 1. The molecule has 0 unspecified atom stereocenters. The predicted molar refractivity (Wildman–Crippen MR) is 129 cm³/mol. The van der Waals surface area contributed by atoms with Gasteiger partial charge >= 0.3 is 6.18 Å². The largest absolute Gasteiger partial charge is 0.418 e. The standard InChI is InChI=1S/C26H24F4N6/c1-32-22-7-6-16(14-20(22)27)24-18-15-36(23-5-3-2-4-19(23)26(28,29)30)13-10-21(18)33-25(34-24)35-11-8-17(31)9-12-35/h2-7,14,17H,8-13,15,31H2. The number of piperidine rings is 1. The number of fused-ring (bicyclic) bond motifs is 1. The van der Waals surface area contributed by atoms with Crippen molar-refractivity contribution in [2.45, 2.75) is 38.0 Å². The van der Waals surface area contributed by atoms with Crippen molar-refractivity contribution >= 4 is 17.3 Å². The predicted octanol–water partition coefficient (Wildman–Crippen LogP) is 5.34. The molecule has 3 heterocycles. The van der Waals surface area contributed by atoms with Crippen molar-refractivity contribution in [3.63, 3.8) is 0 Å². The van der Waals surface area contributed by atoms with Gasteiger partial charge in [0.2, 0.25) is 11.6 Å². The summed E-state index contributed by atoms with van der Waals surface area (Å²) in [5.41, 5.74) is 7.64. The summed E-state index contributed by atoms with van der Waals surface area (Å²) in [6.45, 7) is 9.01. The molecule has 0 aliphatic carbocycles. The topological polar surface area (TPSA) is 62.6 Å². The van der Waals surface area contributed by atoms with Crippen molar-refractivity contribution in [1.29, 1.82) is 0 Å². The van der Waals surface area contributed by atoms with E-state index in [-0.39, 0.29) is 24.0 Å². The highest BCUT2D eigenvalue weighted by atomic mass is 19.4. The highest BCUT2D eigenvalue weighted by molar-refractivity contribution is 5.70. The van der Waals surface area contributed by atoms with E-state index in [0.29, 0.717) is 48.8 Å². The zero-order valence-corrected chi connectivity index (χ0v) is 19.4. The molecule has 2 N–H and O–H groups in total. The third-order valence-electron chi connectivity index (χ3n) is 6.76. The number of hydrogen-bond acceptors (Lipinski definition) is 5. The van der Waals surface area contributed by atoms with Gasteiger partial charge in [-0.2, -0.15) is 13.2 Å². The minimum Gasteiger partial charge on any atom is -0.366 e. The first-order valence-corrected chi connectivity index (χ1v) is 11.7. The normalized spacial score (nSPS) is 16.6. The quantitative estimate of drug-likeness (QED) is 0.392. The molecule has 0 radical (unpaired) electrons. The van der Waals surface area contributed by atoms with E-state index >= 15 is 0 Å². The van der Waals surface area contributed by atoms with Crippen molar-refractivity contribution in [3.8, 4) is 11.3 Å². The van der Waals surface area contributed by atoms with Gasteiger partial charge in [-0.15, -0.1) is 0 Å². The molecule has 3 aromatic rings. The number of para-hydroxylation sites is 1. The van der Waals surface area contributed by atoms with Crippen LogP contribution in [-0.2, 0) is 19.1 Å². The van der Waals surface area contributed by atoms with Gasteiger partial charge in [-0.05, 0) is 31.0 Å². The van der Waals surface area contributed by atoms with Crippen LogP contribution in [-0.4, -0.2) is 35.6 Å². The fraction of sp³-hybridized carbons (Fsp3) is 0.346. The second-order valence-electron chi connectivity index (χ2n) is 9.09. The Morgan fingerprint density at radius 3 is 2.44 bits per heavy atom. The lowest BCUT2D eigenvalue weighted by atomic mass is 9.97. The molecule has 1 aromatic heterocycles. The summed E-state index contributed by atoms with van der Waals surface area (Å²) >= 11 is 0. The third kappa shape index (κ3) is 4.58. The molecule has 0 atom stereocenters. The summed E-state index contributed by atoms with van der Waals surface area (Å²) in [6.07, 6.45) is -2.48.